The van der Waals surface area contributed by atoms with Gasteiger partial charge in [-0.15, -0.1) is 0 Å². The highest BCUT2D eigenvalue weighted by Gasteiger charge is 2.45. The average molecular weight is 466 g/mol. The zero-order valence-corrected chi connectivity index (χ0v) is 17.8. The van der Waals surface area contributed by atoms with Gasteiger partial charge < -0.3 is 10.6 Å². The average Bonchev–Trinajstić information content (AvgIpc) is 3.01. The number of benzene rings is 1. The van der Waals surface area contributed by atoms with Crippen LogP contribution in [-0.2, 0) is 16.1 Å². The predicted molar refractivity (Wildman–Crippen MR) is 110 cm³/mol. The summed E-state index contributed by atoms with van der Waals surface area (Å²) in [4.78, 5) is 49.9. The van der Waals surface area contributed by atoms with Gasteiger partial charge in [0.15, 0.2) is 0 Å². The Labute approximate surface area is 188 Å². The molecular formula is C22H25F3N4O4. The summed E-state index contributed by atoms with van der Waals surface area (Å²) in [6.45, 7) is 0.573. The molecule has 3 unspecified atom stereocenters. The number of amides is 4. The zero-order chi connectivity index (χ0) is 23.8. The van der Waals surface area contributed by atoms with E-state index in [1.165, 1.54) is 18.2 Å². The van der Waals surface area contributed by atoms with Crippen LogP contribution in [0.1, 0.15) is 64.8 Å². The summed E-state index contributed by atoms with van der Waals surface area (Å²) < 4.78 is 40.7. The van der Waals surface area contributed by atoms with E-state index in [0.717, 1.165) is 17.7 Å². The summed E-state index contributed by atoms with van der Waals surface area (Å²) in [5, 5.41) is 7.80. The first kappa shape index (κ1) is 23.4. The topological polar surface area (TPSA) is 108 Å². The molecule has 2 saturated heterocycles. The summed E-state index contributed by atoms with van der Waals surface area (Å²) >= 11 is 0. The van der Waals surface area contributed by atoms with Crippen molar-refractivity contribution in [3.05, 3.63) is 34.9 Å². The molecular weight excluding hydrogens is 441 g/mol. The lowest BCUT2D eigenvalue weighted by Gasteiger charge is -2.29. The lowest BCUT2D eigenvalue weighted by Crippen LogP contribution is -2.54. The highest BCUT2D eigenvalue weighted by Crippen LogP contribution is 2.29. The molecule has 1 aromatic carbocycles. The number of carbonyl (C=O) groups excluding carboxylic acids is 4. The number of nitrogens with one attached hydrogen (secondary N) is 3. The Bertz CT molecular complexity index is 975. The molecule has 0 aromatic heterocycles. The minimum atomic E-state index is -4.43. The number of rotatable bonds is 6. The minimum absolute atomic E-state index is 0.00760. The van der Waals surface area contributed by atoms with Crippen LogP contribution in [0.5, 0.6) is 0 Å². The smallest absolute Gasteiger partial charge is 0.314 e. The number of piperidine rings is 2. The number of carbonyl (C=O) groups is 4. The third-order valence-corrected chi connectivity index (χ3v) is 6.38. The van der Waals surface area contributed by atoms with Crippen LogP contribution >= 0.6 is 0 Å². The normalized spacial score (nSPS) is 24.6. The van der Waals surface area contributed by atoms with Crippen LogP contribution in [0, 0.1) is 0 Å². The molecule has 0 spiro atoms. The highest BCUT2D eigenvalue weighted by atomic mass is 19.4. The standard InChI is InChI=1S/C22H25F3N4O4/c23-22(24,25)17(10-13-3-1-2-8-26-13)27-11-12-4-5-14-15(9-12)21(33)29(20(14)32)16-6-7-18(30)28-19(16)31/h4-5,9,13,16-17,26-27H,1-3,6-8,10-11H2,(H,28,30,31). The molecule has 3 aliphatic heterocycles. The summed E-state index contributed by atoms with van der Waals surface area (Å²) in [5.41, 5.74) is 0.555. The van der Waals surface area contributed by atoms with Crippen molar-refractivity contribution in [1.29, 1.82) is 0 Å². The summed E-state index contributed by atoms with van der Waals surface area (Å²) in [6.07, 6.45) is -1.93. The quantitative estimate of drug-likeness (QED) is 0.551. The van der Waals surface area contributed by atoms with E-state index >= 15 is 0 Å². The number of fused-ring (bicyclic) bond motifs is 1. The first-order valence-electron chi connectivity index (χ1n) is 11.0. The van der Waals surface area contributed by atoms with Crippen LogP contribution < -0.4 is 16.0 Å². The second-order valence-corrected chi connectivity index (χ2v) is 8.68. The molecule has 3 N–H and O–H groups in total. The van der Waals surface area contributed by atoms with Crippen molar-refractivity contribution in [2.45, 2.75) is 69.4 Å². The van der Waals surface area contributed by atoms with Gasteiger partial charge in [-0.1, -0.05) is 12.5 Å². The van der Waals surface area contributed by atoms with E-state index in [4.69, 9.17) is 0 Å². The molecule has 4 rings (SSSR count). The molecule has 11 heteroatoms. The molecule has 178 valence electrons. The van der Waals surface area contributed by atoms with E-state index in [1.54, 1.807) is 0 Å². The van der Waals surface area contributed by atoms with Crippen molar-refractivity contribution in [3.8, 4) is 0 Å². The second kappa shape index (κ2) is 9.22. The maximum Gasteiger partial charge on any atom is 0.403 e. The molecule has 0 aliphatic carbocycles. The second-order valence-electron chi connectivity index (χ2n) is 8.68. The molecule has 1 aromatic rings. The molecule has 3 heterocycles. The van der Waals surface area contributed by atoms with Crippen molar-refractivity contribution >= 4 is 23.6 Å². The monoisotopic (exact) mass is 466 g/mol. The molecule has 33 heavy (non-hydrogen) atoms. The number of alkyl halides is 3. The maximum atomic E-state index is 13.6. The van der Waals surface area contributed by atoms with Gasteiger partial charge in [-0.3, -0.25) is 29.4 Å². The molecule has 0 radical (unpaired) electrons. The Balaban J connectivity index is 1.46. The first-order valence-corrected chi connectivity index (χ1v) is 11.0. The Morgan fingerprint density at radius 1 is 1.06 bits per heavy atom. The lowest BCUT2D eigenvalue weighted by atomic mass is 9.97. The van der Waals surface area contributed by atoms with Gasteiger partial charge in [-0.2, -0.15) is 13.2 Å². The predicted octanol–water partition coefficient (Wildman–Crippen LogP) is 1.64. The van der Waals surface area contributed by atoms with E-state index in [9.17, 15) is 32.3 Å². The Hall–Kier alpha value is -2.79. The maximum absolute atomic E-state index is 13.6. The number of halogens is 3. The fourth-order valence-corrected chi connectivity index (χ4v) is 4.61. The van der Waals surface area contributed by atoms with Gasteiger partial charge >= 0.3 is 6.18 Å². The fourth-order valence-electron chi connectivity index (χ4n) is 4.61. The first-order chi connectivity index (χ1) is 15.6. The minimum Gasteiger partial charge on any atom is -0.314 e. The molecule has 8 nitrogen and oxygen atoms in total. The van der Waals surface area contributed by atoms with Crippen molar-refractivity contribution in [2.24, 2.45) is 0 Å². The molecule has 4 amide bonds. The van der Waals surface area contributed by atoms with E-state index < -0.39 is 41.9 Å². The van der Waals surface area contributed by atoms with E-state index in [2.05, 4.69) is 16.0 Å². The van der Waals surface area contributed by atoms with Crippen molar-refractivity contribution in [3.63, 3.8) is 0 Å². The van der Waals surface area contributed by atoms with Gasteiger partial charge in [0, 0.05) is 19.0 Å². The van der Waals surface area contributed by atoms with Crippen LogP contribution in [0.3, 0.4) is 0 Å². The van der Waals surface area contributed by atoms with Gasteiger partial charge in [0.1, 0.15) is 12.1 Å². The third-order valence-electron chi connectivity index (χ3n) is 6.38. The van der Waals surface area contributed by atoms with Gasteiger partial charge in [0.05, 0.1) is 11.1 Å². The van der Waals surface area contributed by atoms with Crippen LogP contribution in [0.15, 0.2) is 18.2 Å². The molecule has 0 saturated carbocycles. The number of hydrogen-bond donors (Lipinski definition) is 3. The van der Waals surface area contributed by atoms with Gasteiger partial charge in [-0.25, -0.2) is 0 Å². The third kappa shape index (κ3) is 4.93. The summed E-state index contributed by atoms with van der Waals surface area (Å²) in [6, 6.07) is 1.27. The Morgan fingerprint density at radius 3 is 2.48 bits per heavy atom. The van der Waals surface area contributed by atoms with E-state index in [1.807, 2.05) is 0 Å². The molecule has 3 atom stereocenters. The van der Waals surface area contributed by atoms with Gasteiger partial charge in [-0.05, 0) is 49.9 Å². The number of imide groups is 2. The Morgan fingerprint density at radius 2 is 1.82 bits per heavy atom. The Kier molecular flexibility index (Phi) is 6.53. The van der Waals surface area contributed by atoms with Crippen molar-refractivity contribution in [2.75, 3.05) is 6.54 Å². The summed E-state index contributed by atoms with van der Waals surface area (Å²) in [7, 11) is 0. The molecule has 3 aliphatic rings. The van der Waals surface area contributed by atoms with Gasteiger partial charge in [0.25, 0.3) is 11.8 Å². The largest absolute Gasteiger partial charge is 0.403 e. The summed E-state index contributed by atoms with van der Waals surface area (Å²) in [5.74, 6) is -2.53. The van der Waals surface area contributed by atoms with E-state index in [0.29, 0.717) is 18.5 Å². The molecule has 0 bridgehead atoms. The highest BCUT2D eigenvalue weighted by molar-refractivity contribution is 6.23. The van der Waals surface area contributed by atoms with Gasteiger partial charge in [0.2, 0.25) is 11.8 Å². The number of hydrogen-bond acceptors (Lipinski definition) is 6. The SMILES string of the molecule is O=C1CCC(N2C(=O)c3ccc(CNC(CC4CCCCN4)C(F)(F)F)cc3C2=O)C(=O)N1. The zero-order valence-electron chi connectivity index (χ0n) is 17.8. The van der Waals surface area contributed by atoms with E-state index in [-0.39, 0.29) is 43.0 Å². The molecule has 2 fully saturated rings. The van der Waals surface area contributed by atoms with Crippen LogP contribution in [0.4, 0.5) is 13.2 Å². The number of nitrogens with zero attached hydrogens (tertiary/aromatic N) is 1. The van der Waals surface area contributed by atoms with Crippen molar-refractivity contribution < 1.29 is 32.3 Å². The van der Waals surface area contributed by atoms with Crippen LogP contribution in [0.25, 0.3) is 0 Å². The van der Waals surface area contributed by atoms with Crippen LogP contribution in [0.2, 0.25) is 0 Å². The lowest BCUT2D eigenvalue weighted by molar-refractivity contribution is -0.159. The van der Waals surface area contributed by atoms with Crippen molar-refractivity contribution in [1.82, 2.24) is 20.9 Å². The fraction of sp³-hybridized carbons (Fsp3) is 0.545. The van der Waals surface area contributed by atoms with Crippen LogP contribution in [-0.4, -0.2) is 59.4 Å².